The Morgan fingerprint density at radius 1 is 1.33 bits per heavy atom. The van der Waals surface area contributed by atoms with Gasteiger partial charge in [0.15, 0.2) is 0 Å². The molecule has 1 amide bonds. The maximum atomic E-state index is 12.7. The molecule has 0 spiro atoms. The van der Waals surface area contributed by atoms with Crippen LogP contribution >= 0.6 is 0 Å². The Labute approximate surface area is 159 Å². The number of carbonyl (C=O) groups is 1. The average molecular weight is 392 g/mol. The zero-order valence-corrected chi connectivity index (χ0v) is 16.6. The van der Waals surface area contributed by atoms with Crippen LogP contribution in [0.25, 0.3) is 11.4 Å². The number of hydrogen-bond acceptors (Lipinski definition) is 6. The molecule has 1 atom stereocenters. The number of aromatic nitrogens is 2. The molecule has 1 saturated heterocycles. The lowest BCUT2D eigenvalue weighted by molar-refractivity contribution is -0.136. The third-order valence-electron chi connectivity index (χ3n) is 4.73. The van der Waals surface area contributed by atoms with Crippen LogP contribution < -0.4 is 0 Å². The third-order valence-corrected chi connectivity index (χ3v) is 6.00. The highest BCUT2D eigenvalue weighted by atomic mass is 32.2. The first-order chi connectivity index (χ1) is 12.7. The van der Waals surface area contributed by atoms with Crippen LogP contribution in [-0.4, -0.2) is 60.1 Å². The van der Waals surface area contributed by atoms with Crippen molar-refractivity contribution in [2.75, 3.05) is 26.4 Å². The summed E-state index contributed by atoms with van der Waals surface area (Å²) >= 11 is 0. The predicted molar refractivity (Wildman–Crippen MR) is 100 cm³/mol. The molecule has 8 nitrogen and oxygen atoms in total. The Morgan fingerprint density at radius 3 is 2.70 bits per heavy atom. The van der Waals surface area contributed by atoms with Crippen molar-refractivity contribution in [2.24, 2.45) is 5.92 Å². The summed E-state index contributed by atoms with van der Waals surface area (Å²) in [5, 5.41) is 3.97. The van der Waals surface area contributed by atoms with Gasteiger partial charge in [-0.25, -0.2) is 12.7 Å². The van der Waals surface area contributed by atoms with Crippen LogP contribution in [0.15, 0.2) is 28.8 Å². The number of rotatable bonds is 5. The number of amides is 1. The smallest absolute Gasteiger partial charge is 0.246 e. The maximum absolute atomic E-state index is 12.7. The van der Waals surface area contributed by atoms with Crippen molar-refractivity contribution in [1.29, 1.82) is 0 Å². The summed E-state index contributed by atoms with van der Waals surface area (Å²) < 4.78 is 30.1. The zero-order valence-electron chi connectivity index (χ0n) is 15.8. The molecule has 2 aromatic rings. The lowest BCUT2D eigenvalue weighted by Crippen LogP contribution is -2.45. The second-order valence-electron chi connectivity index (χ2n) is 7.03. The second-order valence-corrected chi connectivity index (χ2v) is 9.01. The molecule has 27 heavy (non-hydrogen) atoms. The number of piperidine rings is 1. The first-order valence-corrected chi connectivity index (χ1v) is 10.7. The fraction of sp³-hybridized carbons (Fsp3) is 0.500. The van der Waals surface area contributed by atoms with Crippen LogP contribution in [0, 0.1) is 12.8 Å². The van der Waals surface area contributed by atoms with Crippen molar-refractivity contribution in [1.82, 2.24) is 19.3 Å². The quantitative estimate of drug-likeness (QED) is 0.768. The third kappa shape index (κ3) is 4.72. The molecular formula is C18H24N4O4S. The van der Waals surface area contributed by atoms with Gasteiger partial charge < -0.3 is 9.42 Å². The van der Waals surface area contributed by atoms with Crippen LogP contribution in [-0.2, 0) is 21.4 Å². The Hall–Kier alpha value is -2.26. The van der Waals surface area contributed by atoms with E-state index in [1.165, 1.54) is 15.5 Å². The van der Waals surface area contributed by atoms with Gasteiger partial charge in [0.1, 0.15) is 0 Å². The second kappa shape index (κ2) is 7.77. The topological polar surface area (TPSA) is 96.6 Å². The van der Waals surface area contributed by atoms with E-state index in [-0.39, 0.29) is 24.9 Å². The molecule has 1 aromatic carbocycles. The highest BCUT2D eigenvalue weighted by molar-refractivity contribution is 7.88. The SMILES string of the molecule is Cc1ccc(-c2noc(CN(C)C(=O)[C@H]3CCCN(S(C)(=O)=O)C3)n2)cc1. The zero-order chi connectivity index (χ0) is 19.6. The molecule has 1 aromatic heterocycles. The highest BCUT2D eigenvalue weighted by Crippen LogP contribution is 2.22. The van der Waals surface area contributed by atoms with Crippen molar-refractivity contribution in [3.63, 3.8) is 0 Å². The fourth-order valence-corrected chi connectivity index (χ4v) is 4.09. The Bertz CT molecular complexity index is 908. The summed E-state index contributed by atoms with van der Waals surface area (Å²) in [6.45, 7) is 2.88. The fourth-order valence-electron chi connectivity index (χ4n) is 3.18. The molecule has 1 aliphatic rings. The molecule has 3 rings (SSSR count). The minimum absolute atomic E-state index is 0.113. The Morgan fingerprint density at radius 2 is 2.04 bits per heavy atom. The van der Waals surface area contributed by atoms with Crippen molar-refractivity contribution in [3.05, 3.63) is 35.7 Å². The molecule has 0 radical (unpaired) electrons. The summed E-state index contributed by atoms with van der Waals surface area (Å²) in [5.74, 6) is 0.361. The van der Waals surface area contributed by atoms with E-state index in [2.05, 4.69) is 10.1 Å². The molecule has 0 aliphatic carbocycles. The van der Waals surface area contributed by atoms with Crippen LogP contribution in [0.5, 0.6) is 0 Å². The highest BCUT2D eigenvalue weighted by Gasteiger charge is 2.32. The number of hydrogen-bond donors (Lipinski definition) is 0. The molecule has 0 saturated carbocycles. The minimum atomic E-state index is -3.29. The van der Waals surface area contributed by atoms with E-state index in [0.717, 1.165) is 11.1 Å². The molecule has 0 unspecified atom stereocenters. The van der Waals surface area contributed by atoms with Gasteiger partial charge in [-0.05, 0) is 19.8 Å². The van der Waals surface area contributed by atoms with Gasteiger partial charge in [0, 0.05) is 25.7 Å². The van der Waals surface area contributed by atoms with E-state index in [1.807, 2.05) is 31.2 Å². The monoisotopic (exact) mass is 392 g/mol. The summed E-state index contributed by atoms with van der Waals surface area (Å²) in [6, 6.07) is 7.77. The first kappa shape index (κ1) is 19.5. The summed E-state index contributed by atoms with van der Waals surface area (Å²) in [6.07, 6.45) is 2.53. The Kier molecular flexibility index (Phi) is 5.61. The maximum Gasteiger partial charge on any atom is 0.246 e. The Balaban J connectivity index is 1.64. The van der Waals surface area contributed by atoms with Gasteiger partial charge in [-0.1, -0.05) is 35.0 Å². The van der Waals surface area contributed by atoms with Crippen LogP contribution in [0.2, 0.25) is 0 Å². The normalized spacial score (nSPS) is 18.4. The van der Waals surface area contributed by atoms with Gasteiger partial charge in [0.2, 0.25) is 27.6 Å². The summed E-state index contributed by atoms with van der Waals surface area (Å²) in [5.41, 5.74) is 1.99. The van der Waals surface area contributed by atoms with Crippen LogP contribution in [0.4, 0.5) is 0 Å². The number of nitrogens with zero attached hydrogens (tertiary/aromatic N) is 4. The number of benzene rings is 1. The van der Waals surface area contributed by atoms with Gasteiger partial charge >= 0.3 is 0 Å². The molecule has 0 N–H and O–H groups in total. The van der Waals surface area contributed by atoms with Crippen molar-refractivity contribution in [3.8, 4) is 11.4 Å². The van der Waals surface area contributed by atoms with E-state index in [9.17, 15) is 13.2 Å². The number of carbonyl (C=O) groups excluding carboxylic acids is 1. The molecule has 0 bridgehead atoms. The molecule has 2 heterocycles. The largest absolute Gasteiger partial charge is 0.337 e. The summed E-state index contributed by atoms with van der Waals surface area (Å²) in [4.78, 5) is 18.6. The van der Waals surface area contributed by atoms with Gasteiger partial charge in [0.25, 0.3) is 0 Å². The van der Waals surface area contributed by atoms with Gasteiger partial charge in [-0.2, -0.15) is 4.98 Å². The van der Waals surface area contributed by atoms with Gasteiger partial charge in [-0.15, -0.1) is 0 Å². The van der Waals surface area contributed by atoms with Gasteiger partial charge in [0.05, 0.1) is 18.7 Å². The lowest BCUT2D eigenvalue weighted by atomic mass is 9.98. The predicted octanol–water partition coefficient (Wildman–Crippen LogP) is 1.68. The molecule has 9 heteroatoms. The number of aryl methyl sites for hydroxylation is 1. The van der Waals surface area contributed by atoms with Crippen molar-refractivity contribution in [2.45, 2.75) is 26.3 Å². The van der Waals surface area contributed by atoms with Crippen molar-refractivity contribution >= 4 is 15.9 Å². The van der Waals surface area contributed by atoms with Crippen molar-refractivity contribution < 1.29 is 17.7 Å². The first-order valence-electron chi connectivity index (χ1n) is 8.84. The van der Waals surface area contributed by atoms with E-state index < -0.39 is 10.0 Å². The molecule has 146 valence electrons. The molecule has 1 aliphatic heterocycles. The lowest BCUT2D eigenvalue weighted by Gasteiger charge is -2.32. The van der Waals surface area contributed by atoms with Crippen LogP contribution in [0.1, 0.15) is 24.3 Å². The van der Waals surface area contributed by atoms with E-state index >= 15 is 0 Å². The standard InChI is InChI=1S/C18H24N4O4S/c1-13-6-8-14(9-7-13)17-19-16(26-20-17)12-21(2)18(23)15-5-4-10-22(11-15)27(3,24)25/h6-9,15H,4-5,10-12H2,1-3H3/t15-/m0/s1. The van der Waals surface area contributed by atoms with E-state index in [1.54, 1.807) is 7.05 Å². The van der Waals surface area contributed by atoms with E-state index in [0.29, 0.717) is 31.1 Å². The van der Waals surface area contributed by atoms with Crippen LogP contribution in [0.3, 0.4) is 0 Å². The minimum Gasteiger partial charge on any atom is -0.337 e. The molecular weight excluding hydrogens is 368 g/mol. The summed E-state index contributed by atoms with van der Waals surface area (Å²) in [7, 11) is -1.62. The van der Waals surface area contributed by atoms with Gasteiger partial charge in [-0.3, -0.25) is 4.79 Å². The molecule has 1 fully saturated rings. The average Bonchev–Trinajstić information content (AvgIpc) is 3.09. The number of sulfonamides is 1. The van der Waals surface area contributed by atoms with E-state index in [4.69, 9.17) is 4.52 Å².